The molecular weight excluding hydrogens is 227 g/mol. The minimum atomic E-state index is -1.83. The van der Waals surface area contributed by atoms with Gasteiger partial charge in [0.2, 0.25) is 0 Å². The van der Waals surface area contributed by atoms with Crippen LogP contribution in [-0.4, -0.2) is 44.3 Å². The van der Waals surface area contributed by atoms with Crippen molar-refractivity contribution in [1.82, 2.24) is 0 Å². The largest absolute Gasteiger partial charge is 0.503 e. The smallest absolute Gasteiger partial charge is 0.450 e. The normalized spacial score (nSPS) is 9.59. The molecule has 0 aromatic carbocycles. The molecule has 0 bridgehead atoms. The Morgan fingerprint density at radius 3 is 1.41 bits per heavy atom. The van der Waals surface area contributed by atoms with Gasteiger partial charge in [0.25, 0.3) is 0 Å². The van der Waals surface area contributed by atoms with Gasteiger partial charge in [-0.25, -0.2) is 4.79 Å². The molecular formula is C13H27NaO3. The molecule has 0 amide bonds. The molecule has 17 heavy (non-hydrogen) atoms. The van der Waals surface area contributed by atoms with Crippen LogP contribution in [-0.2, 0) is 0 Å². The van der Waals surface area contributed by atoms with Gasteiger partial charge in [-0.3, -0.25) is 0 Å². The number of carbonyl (C=O) groups is 1. The van der Waals surface area contributed by atoms with E-state index in [1.54, 1.807) is 0 Å². The molecule has 0 heterocycles. The van der Waals surface area contributed by atoms with Crippen LogP contribution in [0.1, 0.15) is 71.1 Å². The first kappa shape index (κ1) is 19.6. The molecule has 0 aliphatic rings. The predicted octanol–water partition coefficient (Wildman–Crippen LogP) is 4.72. The second-order valence-corrected chi connectivity index (χ2v) is 5.46. The molecule has 0 saturated heterocycles. The number of hydrogen-bond acceptors (Lipinski definition) is 1. The van der Waals surface area contributed by atoms with E-state index < -0.39 is 6.16 Å². The van der Waals surface area contributed by atoms with Crippen molar-refractivity contribution in [1.29, 1.82) is 0 Å². The van der Waals surface area contributed by atoms with E-state index in [4.69, 9.17) is 15.0 Å². The SMILES string of the molecule is CCCCCCCCCCC[CH2][Na].O=C(O)O. The van der Waals surface area contributed by atoms with E-state index in [0.717, 1.165) is 0 Å². The zero-order valence-electron chi connectivity index (χ0n) is 11.6. The zero-order valence-corrected chi connectivity index (χ0v) is 13.6. The maximum Gasteiger partial charge on any atom is 0.503 e. The summed E-state index contributed by atoms with van der Waals surface area (Å²) in [6.07, 6.45) is 12.9. The Labute approximate surface area is 123 Å². The van der Waals surface area contributed by atoms with E-state index in [0.29, 0.717) is 0 Å². The van der Waals surface area contributed by atoms with Crippen LogP contribution in [0.25, 0.3) is 0 Å². The van der Waals surface area contributed by atoms with Crippen molar-refractivity contribution in [2.75, 3.05) is 0 Å². The van der Waals surface area contributed by atoms with Crippen LogP contribution in [0.15, 0.2) is 0 Å². The van der Waals surface area contributed by atoms with Gasteiger partial charge in [-0.05, 0) is 0 Å². The van der Waals surface area contributed by atoms with E-state index in [9.17, 15) is 0 Å². The van der Waals surface area contributed by atoms with Gasteiger partial charge < -0.3 is 10.2 Å². The van der Waals surface area contributed by atoms with Gasteiger partial charge in [-0.2, -0.15) is 0 Å². The van der Waals surface area contributed by atoms with E-state index in [1.807, 2.05) is 0 Å². The molecule has 0 aromatic heterocycles. The Balaban J connectivity index is 0. The van der Waals surface area contributed by atoms with Crippen LogP contribution in [0.4, 0.5) is 4.79 Å². The molecule has 98 valence electrons. The van der Waals surface area contributed by atoms with E-state index in [-0.39, 0.29) is 0 Å². The molecule has 0 saturated carbocycles. The van der Waals surface area contributed by atoms with Crippen molar-refractivity contribution in [2.45, 2.75) is 74.8 Å². The third-order valence-electron chi connectivity index (χ3n) is 2.71. The van der Waals surface area contributed by atoms with Crippen LogP contribution in [0.3, 0.4) is 0 Å². The minimum Gasteiger partial charge on any atom is -0.450 e. The summed E-state index contributed by atoms with van der Waals surface area (Å²) < 4.78 is 1.51. The van der Waals surface area contributed by atoms with Crippen LogP contribution >= 0.6 is 0 Å². The van der Waals surface area contributed by atoms with Crippen molar-refractivity contribution in [3.63, 3.8) is 0 Å². The van der Waals surface area contributed by atoms with E-state index >= 15 is 0 Å². The Bertz CT molecular complexity index is 138. The monoisotopic (exact) mass is 254 g/mol. The van der Waals surface area contributed by atoms with Crippen molar-refractivity contribution in [3.8, 4) is 0 Å². The van der Waals surface area contributed by atoms with Gasteiger partial charge in [0.05, 0.1) is 0 Å². The maximum absolute atomic E-state index is 8.56. The Morgan fingerprint density at radius 2 is 1.12 bits per heavy atom. The number of hydrogen-bond donors (Lipinski definition) is 2. The summed E-state index contributed by atoms with van der Waals surface area (Å²) in [5.41, 5.74) is 0. The molecule has 3 nitrogen and oxygen atoms in total. The maximum atomic E-state index is 8.56. The average Bonchev–Trinajstić information content (AvgIpc) is 2.26. The summed E-state index contributed by atoms with van der Waals surface area (Å²) in [5, 5.41) is 13.9. The number of unbranched alkanes of at least 4 members (excludes halogenated alkanes) is 9. The quantitative estimate of drug-likeness (QED) is 0.438. The van der Waals surface area contributed by atoms with Crippen LogP contribution in [0.2, 0.25) is 3.67 Å². The topological polar surface area (TPSA) is 57.5 Å². The zero-order chi connectivity index (χ0) is 13.4. The molecule has 4 heteroatoms. The van der Waals surface area contributed by atoms with Gasteiger partial charge >= 0.3 is 109 Å². The second-order valence-electron chi connectivity index (χ2n) is 4.46. The number of carboxylic acid groups (broad SMARTS) is 2. The fourth-order valence-electron chi connectivity index (χ4n) is 1.74. The first-order valence-electron chi connectivity index (χ1n) is 7.07. The Kier molecular flexibility index (Phi) is 21.5. The molecule has 0 radical (unpaired) electrons. The van der Waals surface area contributed by atoms with E-state index in [2.05, 4.69) is 6.92 Å². The van der Waals surface area contributed by atoms with Crippen LogP contribution < -0.4 is 0 Å². The summed E-state index contributed by atoms with van der Waals surface area (Å²) >= 11 is 1.41. The molecule has 0 aliphatic heterocycles. The van der Waals surface area contributed by atoms with Crippen molar-refractivity contribution < 1.29 is 15.0 Å². The first-order chi connectivity index (χ1) is 8.15. The molecule has 0 fully saturated rings. The predicted molar refractivity (Wildman–Crippen MR) is 73.1 cm³/mol. The fraction of sp³-hybridized carbons (Fsp3) is 0.923. The minimum absolute atomic E-state index is 1.38. The summed E-state index contributed by atoms with van der Waals surface area (Å²) in [4.78, 5) is 8.56. The molecule has 0 atom stereocenters. The van der Waals surface area contributed by atoms with Gasteiger partial charge in [0.15, 0.2) is 0 Å². The van der Waals surface area contributed by atoms with Gasteiger partial charge in [-0.15, -0.1) is 0 Å². The van der Waals surface area contributed by atoms with Crippen molar-refractivity contribution >= 4 is 34.1 Å². The second kappa shape index (κ2) is 18.6. The Morgan fingerprint density at radius 1 is 0.824 bits per heavy atom. The van der Waals surface area contributed by atoms with Gasteiger partial charge in [0, 0.05) is 0 Å². The first-order valence-corrected chi connectivity index (χ1v) is 8.48. The molecule has 0 aliphatic carbocycles. The van der Waals surface area contributed by atoms with E-state index in [1.165, 1.54) is 95.8 Å². The van der Waals surface area contributed by atoms with Crippen LogP contribution in [0, 0.1) is 0 Å². The molecule has 0 aromatic rings. The molecule has 0 rings (SSSR count). The van der Waals surface area contributed by atoms with Crippen LogP contribution in [0.5, 0.6) is 0 Å². The summed E-state index contributed by atoms with van der Waals surface area (Å²) in [5.74, 6) is 0. The summed E-state index contributed by atoms with van der Waals surface area (Å²) in [7, 11) is 0. The standard InChI is InChI=1S/C12H25.CH2O3.Na/c1-3-5-7-9-11-12-10-8-6-4-2;2-1(3)4;/h1,3-12H2,2H3;(H2,2,3,4);. The van der Waals surface area contributed by atoms with Crippen molar-refractivity contribution in [3.05, 3.63) is 0 Å². The fourth-order valence-corrected chi connectivity index (χ4v) is 2.24. The summed E-state index contributed by atoms with van der Waals surface area (Å²) in [6, 6.07) is 0. The molecule has 2 N–H and O–H groups in total. The van der Waals surface area contributed by atoms with Gasteiger partial charge in [-0.1, -0.05) is 0 Å². The third kappa shape index (κ3) is 31.4. The Hall–Kier alpha value is 0.270. The van der Waals surface area contributed by atoms with Gasteiger partial charge in [0.1, 0.15) is 0 Å². The number of rotatable bonds is 10. The molecule has 0 spiro atoms. The molecule has 0 unspecified atom stereocenters. The third-order valence-corrected chi connectivity index (χ3v) is 3.41. The summed E-state index contributed by atoms with van der Waals surface area (Å²) in [6.45, 7) is 2.29. The van der Waals surface area contributed by atoms with Crippen molar-refractivity contribution in [2.24, 2.45) is 0 Å². The average molecular weight is 254 g/mol.